The molecule has 0 saturated heterocycles. The number of alkyl halides is 3. The molecule has 1 atom stereocenters. The van der Waals surface area contributed by atoms with Crippen LogP contribution in [0.25, 0.3) is 16.0 Å². The van der Waals surface area contributed by atoms with Gasteiger partial charge in [-0.1, -0.05) is 30.3 Å². The Labute approximate surface area is 140 Å². The molecule has 2 aromatic rings. The molecular weight excluding hydrogens is 337 g/mol. The SMILES string of the molecule is N#CC=C1CC(NC(=O)C(F)(F)F)c2sc(-c3ccccc3)cc21. The Bertz CT molecular complexity index is 847. The first-order valence-corrected chi connectivity index (χ1v) is 7.87. The average Bonchev–Trinajstić information content (AvgIpc) is 3.09. The van der Waals surface area contributed by atoms with Crippen molar-refractivity contribution in [3.05, 3.63) is 52.9 Å². The number of amides is 1. The van der Waals surface area contributed by atoms with Gasteiger partial charge >= 0.3 is 12.1 Å². The number of halogens is 3. The van der Waals surface area contributed by atoms with Crippen molar-refractivity contribution < 1.29 is 18.0 Å². The number of allylic oxidation sites excluding steroid dienone is 1. The average molecular weight is 348 g/mol. The molecule has 1 aromatic heterocycles. The zero-order chi connectivity index (χ0) is 17.3. The lowest BCUT2D eigenvalue weighted by Crippen LogP contribution is -2.38. The molecule has 1 heterocycles. The Hall–Kier alpha value is -2.59. The highest BCUT2D eigenvalue weighted by atomic mass is 32.1. The summed E-state index contributed by atoms with van der Waals surface area (Å²) >= 11 is 1.33. The van der Waals surface area contributed by atoms with Gasteiger partial charge in [0.2, 0.25) is 0 Å². The largest absolute Gasteiger partial charge is 0.471 e. The number of hydrogen-bond donors (Lipinski definition) is 1. The standard InChI is InChI=1S/C17H11F3N2OS/c18-17(19,20)16(23)22-13-8-11(6-7-21)12-9-14(24-15(12)13)10-4-2-1-3-5-10/h1-6,9,13H,8H2,(H,22,23). The minimum Gasteiger partial charge on any atom is -0.340 e. The number of nitrogens with zero attached hydrogens (tertiary/aromatic N) is 1. The van der Waals surface area contributed by atoms with Crippen LogP contribution in [0.5, 0.6) is 0 Å². The maximum atomic E-state index is 12.5. The molecule has 3 rings (SSSR count). The summed E-state index contributed by atoms with van der Waals surface area (Å²) in [6.07, 6.45) is -3.42. The maximum absolute atomic E-state index is 12.5. The molecule has 1 aliphatic carbocycles. The molecule has 0 spiro atoms. The van der Waals surface area contributed by atoms with E-state index in [4.69, 9.17) is 5.26 Å². The summed E-state index contributed by atoms with van der Waals surface area (Å²) in [4.78, 5) is 12.8. The summed E-state index contributed by atoms with van der Waals surface area (Å²) in [7, 11) is 0. The lowest BCUT2D eigenvalue weighted by atomic mass is 10.1. The van der Waals surface area contributed by atoms with Crippen molar-refractivity contribution >= 4 is 22.8 Å². The normalized spacial score (nSPS) is 18.2. The van der Waals surface area contributed by atoms with Crippen LogP contribution in [0.2, 0.25) is 0 Å². The van der Waals surface area contributed by atoms with Crippen LogP contribution >= 0.6 is 11.3 Å². The predicted octanol–water partition coefficient (Wildman–Crippen LogP) is 4.45. The van der Waals surface area contributed by atoms with Gasteiger partial charge in [-0.3, -0.25) is 4.79 Å². The first kappa shape index (κ1) is 16.3. The van der Waals surface area contributed by atoms with Crippen LogP contribution in [0.3, 0.4) is 0 Å². The van der Waals surface area contributed by atoms with Gasteiger partial charge in [-0.2, -0.15) is 18.4 Å². The molecule has 24 heavy (non-hydrogen) atoms. The number of hydrogen-bond acceptors (Lipinski definition) is 3. The van der Waals surface area contributed by atoms with Gasteiger partial charge in [-0.25, -0.2) is 0 Å². The third kappa shape index (κ3) is 3.05. The lowest BCUT2D eigenvalue weighted by Gasteiger charge is -2.14. The zero-order valence-electron chi connectivity index (χ0n) is 12.2. The Morgan fingerprint density at radius 2 is 2.04 bits per heavy atom. The highest BCUT2D eigenvalue weighted by Crippen LogP contribution is 2.47. The van der Waals surface area contributed by atoms with E-state index in [1.54, 1.807) is 0 Å². The number of rotatable bonds is 2. The van der Waals surface area contributed by atoms with E-state index in [0.717, 1.165) is 16.0 Å². The molecule has 7 heteroatoms. The Kier molecular flexibility index (Phi) is 4.16. The van der Waals surface area contributed by atoms with E-state index < -0.39 is 18.1 Å². The highest BCUT2D eigenvalue weighted by molar-refractivity contribution is 7.16. The molecule has 1 aliphatic rings. The van der Waals surface area contributed by atoms with E-state index in [1.807, 2.05) is 47.8 Å². The molecule has 0 saturated carbocycles. The molecule has 1 unspecified atom stereocenters. The number of carbonyl (C=O) groups is 1. The number of carbonyl (C=O) groups excluding carboxylic acids is 1. The molecule has 122 valence electrons. The smallest absolute Gasteiger partial charge is 0.340 e. The van der Waals surface area contributed by atoms with Crippen LogP contribution in [0.4, 0.5) is 13.2 Å². The highest BCUT2D eigenvalue weighted by Gasteiger charge is 2.42. The topological polar surface area (TPSA) is 52.9 Å². The van der Waals surface area contributed by atoms with Crippen LogP contribution in [0, 0.1) is 11.3 Å². The molecule has 0 aliphatic heterocycles. The van der Waals surface area contributed by atoms with E-state index in [-0.39, 0.29) is 6.42 Å². The fourth-order valence-electron chi connectivity index (χ4n) is 2.65. The van der Waals surface area contributed by atoms with Crippen LogP contribution in [0.15, 0.2) is 42.5 Å². The number of benzene rings is 1. The fraction of sp³-hybridized carbons (Fsp3) is 0.176. The molecule has 1 aromatic carbocycles. The van der Waals surface area contributed by atoms with E-state index >= 15 is 0 Å². The van der Waals surface area contributed by atoms with Crippen molar-refractivity contribution in [1.82, 2.24) is 5.32 Å². The van der Waals surface area contributed by atoms with Crippen LogP contribution < -0.4 is 5.32 Å². The number of nitriles is 1. The van der Waals surface area contributed by atoms with E-state index in [9.17, 15) is 18.0 Å². The molecule has 0 bridgehead atoms. The quantitative estimate of drug-likeness (QED) is 0.816. The minimum atomic E-state index is -4.93. The summed E-state index contributed by atoms with van der Waals surface area (Å²) in [5.41, 5.74) is 2.31. The number of thiophene rings is 1. The lowest BCUT2D eigenvalue weighted by molar-refractivity contribution is -0.174. The van der Waals surface area contributed by atoms with Gasteiger partial charge in [0.25, 0.3) is 0 Å². The zero-order valence-corrected chi connectivity index (χ0v) is 13.0. The minimum absolute atomic E-state index is 0.186. The van der Waals surface area contributed by atoms with E-state index in [2.05, 4.69) is 0 Å². The summed E-state index contributed by atoms with van der Waals surface area (Å²) in [6.45, 7) is 0. The summed E-state index contributed by atoms with van der Waals surface area (Å²) < 4.78 is 37.6. The van der Waals surface area contributed by atoms with Gasteiger partial charge in [0.15, 0.2) is 0 Å². The third-order valence-electron chi connectivity index (χ3n) is 3.71. The van der Waals surface area contributed by atoms with Crippen molar-refractivity contribution in [3.63, 3.8) is 0 Å². The second-order valence-electron chi connectivity index (χ2n) is 5.28. The predicted molar refractivity (Wildman–Crippen MR) is 84.9 cm³/mol. The van der Waals surface area contributed by atoms with Gasteiger partial charge < -0.3 is 5.32 Å². The van der Waals surface area contributed by atoms with Crippen LogP contribution in [-0.2, 0) is 4.79 Å². The number of fused-ring (bicyclic) bond motifs is 1. The second-order valence-corrected chi connectivity index (χ2v) is 6.36. The monoisotopic (exact) mass is 348 g/mol. The molecule has 1 amide bonds. The molecule has 0 radical (unpaired) electrons. The van der Waals surface area contributed by atoms with Gasteiger partial charge in [0.1, 0.15) is 0 Å². The Balaban J connectivity index is 1.98. The van der Waals surface area contributed by atoms with Crippen molar-refractivity contribution in [2.24, 2.45) is 0 Å². The van der Waals surface area contributed by atoms with Crippen LogP contribution in [-0.4, -0.2) is 12.1 Å². The molecule has 0 fully saturated rings. The fourth-order valence-corrected chi connectivity index (χ4v) is 3.91. The summed E-state index contributed by atoms with van der Waals surface area (Å²) in [5.74, 6) is -1.97. The molecular formula is C17H11F3N2OS. The van der Waals surface area contributed by atoms with Gasteiger partial charge in [-0.15, -0.1) is 11.3 Å². The van der Waals surface area contributed by atoms with E-state index in [1.165, 1.54) is 17.4 Å². The van der Waals surface area contributed by atoms with Crippen molar-refractivity contribution in [2.45, 2.75) is 18.6 Å². The maximum Gasteiger partial charge on any atom is 0.471 e. The second kappa shape index (κ2) is 6.13. The Morgan fingerprint density at radius 1 is 1.33 bits per heavy atom. The summed E-state index contributed by atoms with van der Waals surface area (Å²) in [6, 6.07) is 12.4. The van der Waals surface area contributed by atoms with Crippen molar-refractivity contribution in [2.75, 3.05) is 0 Å². The summed E-state index contributed by atoms with van der Waals surface area (Å²) in [5, 5.41) is 10.9. The molecule has 1 N–H and O–H groups in total. The molecule has 3 nitrogen and oxygen atoms in total. The number of nitrogens with one attached hydrogen (secondary N) is 1. The van der Waals surface area contributed by atoms with Crippen molar-refractivity contribution in [3.8, 4) is 16.5 Å². The third-order valence-corrected chi connectivity index (χ3v) is 5.00. The van der Waals surface area contributed by atoms with Gasteiger partial charge in [0, 0.05) is 15.8 Å². The first-order valence-electron chi connectivity index (χ1n) is 7.06. The van der Waals surface area contributed by atoms with Gasteiger partial charge in [0.05, 0.1) is 12.1 Å². The first-order chi connectivity index (χ1) is 11.4. The van der Waals surface area contributed by atoms with Crippen molar-refractivity contribution in [1.29, 1.82) is 5.26 Å². The van der Waals surface area contributed by atoms with E-state index in [0.29, 0.717) is 10.5 Å². The Morgan fingerprint density at radius 3 is 2.67 bits per heavy atom. The van der Waals surface area contributed by atoms with Gasteiger partial charge in [-0.05, 0) is 29.2 Å². The van der Waals surface area contributed by atoms with Crippen LogP contribution in [0.1, 0.15) is 22.9 Å².